The maximum atomic E-state index is 5.41. The summed E-state index contributed by atoms with van der Waals surface area (Å²) in [6, 6.07) is 10.1. The van der Waals surface area contributed by atoms with Gasteiger partial charge in [-0.05, 0) is 35.0 Å². The average Bonchev–Trinajstić information content (AvgIpc) is 2.27. The number of para-hydroxylation sites is 1. The molecule has 15 heavy (non-hydrogen) atoms. The zero-order valence-corrected chi connectivity index (χ0v) is 9.95. The molecule has 1 aromatic carbocycles. The Hall–Kier alpha value is -0.970. The lowest BCUT2D eigenvalue weighted by molar-refractivity contribution is 0.586. The number of nitrogens with one attached hydrogen (secondary N) is 1. The van der Waals surface area contributed by atoms with Crippen LogP contribution >= 0.6 is 15.9 Å². The van der Waals surface area contributed by atoms with Crippen molar-refractivity contribution < 1.29 is 0 Å². The first-order chi connectivity index (χ1) is 7.22. The number of halogens is 1. The highest BCUT2D eigenvalue weighted by molar-refractivity contribution is 9.10. The fourth-order valence-electron chi connectivity index (χ4n) is 1.49. The molecule has 0 amide bonds. The van der Waals surface area contributed by atoms with Crippen molar-refractivity contribution in [2.45, 2.75) is 13.0 Å². The third-order valence-corrected chi connectivity index (χ3v) is 3.00. The molecule has 0 saturated heterocycles. The molecule has 78 valence electrons. The number of pyridine rings is 1. The number of rotatable bonds is 2. The van der Waals surface area contributed by atoms with Gasteiger partial charge in [-0.3, -0.25) is 11.3 Å². The Kier molecular flexibility index (Phi) is 3.00. The smallest absolute Gasteiger partial charge is 0.0733 e. The van der Waals surface area contributed by atoms with Crippen LogP contribution in [0.15, 0.2) is 34.8 Å². The molecule has 1 atom stereocenters. The summed E-state index contributed by atoms with van der Waals surface area (Å²) in [6.45, 7) is 1.97. The fraction of sp³-hybridized carbons (Fsp3) is 0.182. The number of hydrogen-bond donors (Lipinski definition) is 2. The van der Waals surface area contributed by atoms with E-state index in [4.69, 9.17) is 5.84 Å². The van der Waals surface area contributed by atoms with Crippen LogP contribution in [0.2, 0.25) is 0 Å². The molecule has 1 heterocycles. The maximum Gasteiger partial charge on any atom is 0.0733 e. The third kappa shape index (κ3) is 2.02. The van der Waals surface area contributed by atoms with Gasteiger partial charge in [0.1, 0.15) is 0 Å². The Morgan fingerprint density at radius 2 is 2.13 bits per heavy atom. The molecule has 0 fully saturated rings. The first-order valence-electron chi connectivity index (χ1n) is 4.73. The molecule has 0 saturated carbocycles. The van der Waals surface area contributed by atoms with E-state index >= 15 is 0 Å². The van der Waals surface area contributed by atoms with Crippen LogP contribution < -0.4 is 11.3 Å². The molecule has 0 aliphatic carbocycles. The van der Waals surface area contributed by atoms with Crippen LogP contribution in [-0.2, 0) is 0 Å². The largest absolute Gasteiger partial charge is 0.271 e. The molecule has 0 spiro atoms. The van der Waals surface area contributed by atoms with E-state index in [1.165, 1.54) is 0 Å². The van der Waals surface area contributed by atoms with Gasteiger partial charge in [0.05, 0.1) is 17.3 Å². The minimum absolute atomic E-state index is 0.0315. The molecule has 4 heteroatoms. The lowest BCUT2D eigenvalue weighted by Gasteiger charge is -2.12. The number of hydrazine groups is 1. The van der Waals surface area contributed by atoms with Gasteiger partial charge >= 0.3 is 0 Å². The molecular weight excluding hydrogens is 254 g/mol. The number of nitrogens with zero attached hydrogens (tertiary/aromatic N) is 1. The highest BCUT2D eigenvalue weighted by Gasteiger charge is 2.10. The molecular formula is C11H12BrN3. The number of fused-ring (bicyclic) bond motifs is 1. The summed E-state index contributed by atoms with van der Waals surface area (Å²) >= 11 is 3.50. The second-order valence-electron chi connectivity index (χ2n) is 3.44. The third-order valence-electron chi connectivity index (χ3n) is 2.36. The van der Waals surface area contributed by atoms with Gasteiger partial charge in [0.2, 0.25) is 0 Å². The van der Waals surface area contributed by atoms with Crippen molar-refractivity contribution in [1.29, 1.82) is 0 Å². The quantitative estimate of drug-likeness (QED) is 0.648. The molecule has 0 aliphatic rings. The van der Waals surface area contributed by atoms with E-state index in [1.807, 2.05) is 31.2 Å². The Balaban J connectivity index is 2.61. The van der Waals surface area contributed by atoms with Gasteiger partial charge in [-0.2, -0.15) is 0 Å². The van der Waals surface area contributed by atoms with Crippen LogP contribution in [0.5, 0.6) is 0 Å². The lowest BCUT2D eigenvalue weighted by Crippen LogP contribution is -2.26. The molecule has 0 bridgehead atoms. The monoisotopic (exact) mass is 265 g/mol. The highest BCUT2D eigenvalue weighted by atomic mass is 79.9. The van der Waals surface area contributed by atoms with Gasteiger partial charge in [-0.25, -0.2) is 4.98 Å². The predicted molar refractivity (Wildman–Crippen MR) is 65.2 cm³/mol. The Labute approximate surface area is 96.8 Å². The van der Waals surface area contributed by atoms with Crippen molar-refractivity contribution in [1.82, 2.24) is 10.4 Å². The molecule has 3 nitrogen and oxygen atoms in total. The van der Waals surface area contributed by atoms with E-state index in [1.54, 1.807) is 0 Å². The summed E-state index contributed by atoms with van der Waals surface area (Å²) in [5.41, 5.74) is 4.61. The standard InChI is InChI=1S/C11H12BrN3/c1-7(15-13)11-9(12)6-8-4-2-3-5-10(8)14-11/h2-7,15H,13H2,1H3. The average molecular weight is 266 g/mol. The maximum absolute atomic E-state index is 5.41. The van der Waals surface area contributed by atoms with E-state index in [-0.39, 0.29) is 6.04 Å². The van der Waals surface area contributed by atoms with E-state index in [0.29, 0.717) is 0 Å². The SMILES string of the molecule is CC(NN)c1nc2ccccc2cc1Br. The number of hydrogen-bond acceptors (Lipinski definition) is 3. The van der Waals surface area contributed by atoms with Gasteiger partial charge in [-0.15, -0.1) is 0 Å². The van der Waals surface area contributed by atoms with Gasteiger partial charge in [0.25, 0.3) is 0 Å². The second-order valence-corrected chi connectivity index (χ2v) is 4.29. The Morgan fingerprint density at radius 1 is 1.40 bits per heavy atom. The van der Waals surface area contributed by atoms with Gasteiger partial charge in [0, 0.05) is 9.86 Å². The highest BCUT2D eigenvalue weighted by Crippen LogP contribution is 2.25. The van der Waals surface area contributed by atoms with Crippen molar-refractivity contribution >= 4 is 26.8 Å². The van der Waals surface area contributed by atoms with Crippen LogP contribution in [-0.4, -0.2) is 4.98 Å². The molecule has 3 N–H and O–H groups in total. The van der Waals surface area contributed by atoms with Gasteiger partial charge in [0.15, 0.2) is 0 Å². The van der Waals surface area contributed by atoms with E-state index in [2.05, 4.69) is 32.4 Å². The summed E-state index contributed by atoms with van der Waals surface area (Å²) < 4.78 is 0.978. The van der Waals surface area contributed by atoms with Gasteiger partial charge < -0.3 is 0 Å². The van der Waals surface area contributed by atoms with E-state index < -0.39 is 0 Å². The second kappa shape index (κ2) is 4.26. The topological polar surface area (TPSA) is 50.9 Å². The molecule has 0 aliphatic heterocycles. The summed E-state index contributed by atoms with van der Waals surface area (Å²) in [4.78, 5) is 4.56. The van der Waals surface area contributed by atoms with Crippen LogP contribution in [0.25, 0.3) is 10.9 Å². The Morgan fingerprint density at radius 3 is 2.87 bits per heavy atom. The molecule has 0 radical (unpaired) electrons. The fourth-order valence-corrected chi connectivity index (χ4v) is 2.17. The van der Waals surface area contributed by atoms with Crippen molar-refractivity contribution in [2.75, 3.05) is 0 Å². The summed E-state index contributed by atoms with van der Waals surface area (Å²) in [5, 5.41) is 1.12. The molecule has 1 unspecified atom stereocenters. The van der Waals surface area contributed by atoms with Crippen LogP contribution in [0.4, 0.5) is 0 Å². The van der Waals surface area contributed by atoms with Gasteiger partial charge in [-0.1, -0.05) is 18.2 Å². The summed E-state index contributed by atoms with van der Waals surface area (Å²) in [5.74, 6) is 5.41. The summed E-state index contributed by atoms with van der Waals surface area (Å²) in [7, 11) is 0. The number of aromatic nitrogens is 1. The van der Waals surface area contributed by atoms with Crippen LogP contribution in [0, 0.1) is 0 Å². The van der Waals surface area contributed by atoms with Crippen LogP contribution in [0.1, 0.15) is 18.7 Å². The predicted octanol–water partition coefficient (Wildman–Crippen LogP) is 2.52. The normalized spacial score (nSPS) is 13.0. The molecule has 1 aromatic heterocycles. The lowest BCUT2D eigenvalue weighted by atomic mass is 10.1. The minimum Gasteiger partial charge on any atom is -0.271 e. The zero-order valence-electron chi connectivity index (χ0n) is 8.37. The van der Waals surface area contributed by atoms with Crippen molar-refractivity contribution in [3.63, 3.8) is 0 Å². The first kappa shape index (κ1) is 10.5. The molecule has 2 rings (SSSR count). The van der Waals surface area contributed by atoms with Crippen molar-refractivity contribution in [2.24, 2.45) is 5.84 Å². The summed E-state index contributed by atoms with van der Waals surface area (Å²) in [6.07, 6.45) is 0. The van der Waals surface area contributed by atoms with E-state index in [0.717, 1.165) is 21.1 Å². The number of benzene rings is 1. The first-order valence-corrected chi connectivity index (χ1v) is 5.53. The zero-order chi connectivity index (χ0) is 10.8. The number of nitrogens with two attached hydrogens (primary N) is 1. The van der Waals surface area contributed by atoms with Crippen molar-refractivity contribution in [3.8, 4) is 0 Å². The molecule has 2 aromatic rings. The van der Waals surface area contributed by atoms with Crippen molar-refractivity contribution in [3.05, 3.63) is 40.5 Å². The Bertz CT molecular complexity index is 484. The van der Waals surface area contributed by atoms with E-state index in [9.17, 15) is 0 Å². The van der Waals surface area contributed by atoms with Crippen LogP contribution in [0.3, 0.4) is 0 Å². The minimum atomic E-state index is 0.0315.